The van der Waals surface area contributed by atoms with Gasteiger partial charge in [0.25, 0.3) is 0 Å². The molecule has 0 spiro atoms. The van der Waals surface area contributed by atoms with Gasteiger partial charge in [-0.15, -0.1) is 0 Å². The molecule has 2 aromatic carbocycles. The van der Waals surface area contributed by atoms with Crippen molar-refractivity contribution in [3.63, 3.8) is 0 Å². The molecular weight excluding hydrogens is 416 g/mol. The average Bonchev–Trinajstić information content (AvgIpc) is 2.83. The fourth-order valence-corrected chi connectivity index (χ4v) is 3.37. The normalized spacial score (nSPS) is 18.6. The first-order valence-corrected chi connectivity index (χ1v) is 10.2. The molecule has 0 aromatic heterocycles. The fraction of sp³-hybridized carbons (Fsp3) is 0.160. The van der Waals surface area contributed by atoms with Gasteiger partial charge >= 0.3 is 0 Å². The van der Waals surface area contributed by atoms with E-state index in [0.29, 0.717) is 35.4 Å². The Morgan fingerprint density at radius 1 is 0.818 bits per heavy atom. The molecule has 8 heteroatoms. The molecule has 0 amide bonds. The van der Waals surface area contributed by atoms with Gasteiger partial charge in [-0.05, 0) is 22.2 Å². The molecule has 0 heterocycles. The van der Waals surface area contributed by atoms with Gasteiger partial charge in [-0.1, -0.05) is 95.2 Å². The lowest BCUT2D eigenvalue weighted by Crippen LogP contribution is -2.25. The Kier molecular flexibility index (Phi) is 8.40. The largest absolute Gasteiger partial charge is 0.381 e. The third-order valence-electron chi connectivity index (χ3n) is 5.09. The van der Waals surface area contributed by atoms with E-state index in [-0.39, 0.29) is 11.9 Å². The minimum atomic E-state index is -0.0618. The molecule has 1 aliphatic carbocycles. The molecule has 0 aliphatic heterocycles. The number of azide groups is 2. The monoisotopic (exact) mass is 438 g/mol. The number of nitrogens with zero attached hydrogens (tertiary/aromatic N) is 6. The lowest BCUT2D eigenvalue weighted by atomic mass is 9.86. The fourth-order valence-electron chi connectivity index (χ4n) is 3.37. The minimum absolute atomic E-state index is 0.00927. The van der Waals surface area contributed by atoms with Crippen molar-refractivity contribution < 1.29 is 9.53 Å². The van der Waals surface area contributed by atoms with Crippen LogP contribution in [-0.2, 0) is 9.53 Å². The maximum absolute atomic E-state index is 13.0. The van der Waals surface area contributed by atoms with Gasteiger partial charge in [0, 0.05) is 52.3 Å². The molecule has 0 atom stereocenters. The van der Waals surface area contributed by atoms with Gasteiger partial charge in [0.1, 0.15) is 0 Å². The Morgan fingerprint density at radius 3 is 1.61 bits per heavy atom. The number of methoxy groups -OCH3 is 1. The zero-order valence-corrected chi connectivity index (χ0v) is 18.1. The summed E-state index contributed by atoms with van der Waals surface area (Å²) in [5.74, 6) is 0.00927. The summed E-state index contributed by atoms with van der Waals surface area (Å²) in [6, 6.07) is 14.3. The van der Waals surface area contributed by atoms with Crippen LogP contribution < -0.4 is 0 Å². The number of carbonyl (C=O) groups is 1. The van der Waals surface area contributed by atoms with Crippen LogP contribution in [0, 0.1) is 0 Å². The van der Waals surface area contributed by atoms with Crippen molar-refractivity contribution >= 4 is 29.3 Å². The highest BCUT2D eigenvalue weighted by Crippen LogP contribution is 2.27. The number of benzene rings is 2. The molecule has 0 radical (unpaired) electrons. The average molecular weight is 438 g/mol. The predicted octanol–water partition coefficient (Wildman–Crippen LogP) is 7.53. The van der Waals surface area contributed by atoms with E-state index >= 15 is 0 Å². The number of ether oxygens (including phenoxy) is 1. The number of hydrogen-bond donors (Lipinski definition) is 0. The number of carbonyl (C=O) groups excluding carboxylic acids is 1. The first kappa shape index (κ1) is 23.3. The number of allylic oxidation sites excluding steroid dienone is 4. The predicted molar refractivity (Wildman–Crippen MR) is 130 cm³/mol. The summed E-state index contributed by atoms with van der Waals surface area (Å²) in [7, 11) is 1.65. The van der Waals surface area contributed by atoms with Crippen LogP contribution in [0.15, 0.2) is 94.2 Å². The number of rotatable bonds is 7. The summed E-state index contributed by atoms with van der Waals surface area (Å²) < 4.78 is 5.54. The van der Waals surface area contributed by atoms with Crippen LogP contribution in [0.2, 0.25) is 0 Å². The Balaban J connectivity index is 1.73. The van der Waals surface area contributed by atoms with Crippen molar-refractivity contribution in [2.45, 2.75) is 18.9 Å². The second kappa shape index (κ2) is 11.9. The molecule has 0 bridgehead atoms. The summed E-state index contributed by atoms with van der Waals surface area (Å²) in [6.45, 7) is 0. The highest BCUT2D eigenvalue weighted by Gasteiger charge is 2.26. The zero-order valence-electron chi connectivity index (χ0n) is 18.1. The Labute approximate surface area is 191 Å². The van der Waals surface area contributed by atoms with Gasteiger partial charge in [0.15, 0.2) is 5.78 Å². The summed E-state index contributed by atoms with van der Waals surface area (Å²) in [4.78, 5) is 18.5. The minimum Gasteiger partial charge on any atom is -0.381 e. The molecule has 2 aromatic rings. The van der Waals surface area contributed by atoms with Crippen LogP contribution in [-0.4, -0.2) is 19.0 Å². The van der Waals surface area contributed by atoms with Gasteiger partial charge in [0.2, 0.25) is 0 Å². The first-order chi connectivity index (χ1) is 16.1. The molecule has 0 saturated heterocycles. The van der Waals surface area contributed by atoms with Crippen molar-refractivity contribution in [1.29, 1.82) is 0 Å². The summed E-state index contributed by atoms with van der Waals surface area (Å²) in [5, 5.41) is 7.10. The third kappa shape index (κ3) is 6.82. The Hall–Kier alpha value is -4.35. The summed E-state index contributed by atoms with van der Waals surface area (Å²) >= 11 is 0. The van der Waals surface area contributed by atoms with Crippen molar-refractivity contribution in [3.8, 4) is 0 Å². The maximum atomic E-state index is 13.0. The van der Waals surface area contributed by atoms with E-state index in [4.69, 9.17) is 15.8 Å². The molecule has 8 nitrogen and oxygen atoms in total. The standard InChI is InChI=1S/C25H22N6O2/c1-33-24-16-20(6-2-4-18-8-12-22(13-9-18)28-30-26)25(32)21(17-24)7-3-5-19-10-14-23(15-11-19)29-31-27/h2-15,24H,16-17H2,1H3. The quantitative estimate of drug-likeness (QED) is 0.192. The smallest absolute Gasteiger partial charge is 0.185 e. The zero-order chi connectivity index (χ0) is 23.5. The van der Waals surface area contributed by atoms with E-state index in [2.05, 4.69) is 20.1 Å². The van der Waals surface area contributed by atoms with Crippen molar-refractivity contribution in [2.24, 2.45) is 10.2 Å². The van der Waals surface area contributed by atoms with Crippen LogP contribution in [0.5, 0.6) is 0 Å². The summed E-state index contributed by atoms with van der Waals surface area (Å²) in [6.07, 6.45) is 12.1. The van der Waals surface area contributed by atoms with Gasteiger partial charge in [0.05, 0.1) is 6.10 Å². The lowest BCUT2D eigenvalue weighted by Gasteiger charge is -2.24. The van der Waals surface area contributed by atoms with Crippen molar-refractivity contribution in [2.75, 3.05) is 7.11 Å². The van der Waals surface area contributed by atoms with E-state index in [0.717, 1.165) is 11.1 Å². The molecule has 1 fully saturated rings. The molecule has 1 saturated carbocycles. The summed E-state index contributed by atoms with van der Waals surface area (Å²) in [5.41, 5.74) is 21.3. The number of ketones is 1. The van der Waals surface area contributed by atoms with Gasteiger partial charge < -0.3 is 4.74 Å². The van der Waals surface area contributed by atoms with E-state index in [1.165, 1.54) is 0 Å². The van der Waals surface area contributed by atoms with Crippen LogP contribution >= 0.6 is 0 Å². The maximum Gasteiger partial charge on any atom is 0.185 e. The molecule has 164 valence electrons. The molecule has 33 heavy (non-hydrogen) atoms. The molecule has 1 aliphatic rings. The van der Waals surface area contributed by atoms with Crippen LogP contribution in [0.3, 0.4) is 0 Å². The number of hydrogen-bond acceptors (Lipinski definition) is 4. The van der Waals surface area contributed by atoms with Crippen LogP contribution in [0.25, 0.3) is 33.0 Å². The second-order valence-electron chi connectivity index (χ2n) is 7.26. The third-order valence-corrected chi connectivity index (χ3v) is 5.09. The molecule has 3 rings (SSSR count). The molecular formula is C25H22N6O2. The first-order valence-electron chi connectivity index (χ1n) is 10.2. The topological polar surface area (TPSA) is 124 Å². The van der Waals surface area contributed by atoms with Crippen LogP contribution in [0.1, 0.15) is 24.0 Å². The highest BCUT2D eigenvalue weighted by atomic mass is 16.5. The van der Waals surface area contributed by atoms with Crippen molar-refractivity contribution in [1.82, 2.24) is 0 Å². The van der Waals surface area contributed by atoms with E-state index in [1.54, 1.807) is 31.4 Å². The van der Waals surface area contributed by atoms with E-state index in [1.807, 2.05) is 60.7 Å². The number of Topliss-reactive ketones (excluding diaryl/α,β-unsaturated/α-hetero) is 1. The Bertz CT molecular complexity index is 1120. The van der Waals surface area contributed by atoms with Gasteiger partial charge in [-0.25, -0.2) is 0 Å². The molecule has 0 N–H and O–H groups in total. The lowest BCUT2D eigenvalue weighted by molar-refractivity contribution is -0.114. The van der Waals surface area contributed by atoms with E-state index in [9.17, 15) is 4.79 Å². The van der Waals surface area contributed by atoms with Crippen LogP contribution in [0.4, 0.5) is 11.4 Å². The van der Waals surface area contributed by atoms with E-state index < -0.39 is 0 Å². The van der Waals surface area contributed by atoms with Gasteiger partial charge in [-0.2, -0.15) is 0 Å². The Morgan fingerprint density at radius 2 is 1.24 bits per heavy atom. The van der Waals surface area contributed by atoms with Gasteiger partial charge in [-0.3, -0.25) is 4.79 Å². The highest BCUT2D eigenvalue weighted by molar-refractivity contribution is 6.09. The molecule has 0 unspecified atom stereocenters. The van der Waals surface area contributed by atoms with Crippen molar-refractivity contribution in [3.05, 3.63) is 116 Å². The second-order valence-corrected chi connectivity index (χ2v) is 7.26. The SMILES string of the molecule is COC1CC(=CC=Cc2ccc(N=[N+]=[N-])cc2)C(=O)C(=CC=Cc2ccc(N=[N+]=[N-])cc2)C1.